The van der Waals surface area contributed by atoms with Crippen molar-refractivity contribution in [2.45, 2.75) is 47.6 Å². The largest absolute Gasteiger partial charge is 0.478 e. The molecule has 1 atom stereocenters. The fourth-order valence-electron chi connectivity index (χ4n) is 2.71. The summed E-state index contributed by atoms with van der Waals surface area (Å²) in [6, 6.07) is 23.5. The van der Waals surface area contributed by atoms with Gasteiger partial charge in [0.2, 0.25) is 6.10 Å². The Morgan fingerprint density at radius 3 is 1.75 bits per heavy atom. The monoisotopic (exact) mass is 435 g/mol. The minimum absolute atomic E-state index is 0.393. The van der Waals surface area contributed by atoms with E-state index in [1.54, 1.807) is 42.5 Å². The van der Waals surface area contributed by atoms with Gasteiger partial charge < -0.3 is 9.84 Å². The number of carbonyl (C=O) groups is 1. The SMILES string of the molecule is CC.CC.CC.O=C(O)C(Oc1ccccc1-n1nc2ccccc2n1)c1ccccc1. The van der Waals surface area contributed by atoms with Crippen LogP contribution in [0.2, 0.25) is 0 Å². The molecule has 6 nitrogen and oxygen atoms in total. The number of aromatic nitrogens is 3. The van der Waals surface area contributed by atoms with Gasteiger partial charge in [0.25, 0.3) is 0 Å². The Hall–Kier alpha value is -3.67. The van der Waals surface area contributed by atoms with Crippen LogP contribution >= 0.6 is 0 Å². The molecule has 1 heterocycles. The molecule has 3 aromatic carbocycles. The van der Waals surface area contributed by atoms with E-state index in [0.717, 1.165) is 11.0 Å². The predicted octanol–water partition coefficient (Wildman–Crippen LogP) is 6.70. The van der Waals surface area contributed by atoms with Gasteiger partial charge in [0.1, 0.15) is 22.5 Å². The van der Waals surface area contributed by atoms with Crippen molar-refractivity contribution in [3.05, 3.63) is 84.4 Å². The maximum absolute atomic E-state index is 11.7. The first kappa shape index (κ1) is 26.4. The molecule has 0 aliphatic rings. The smallest absolute Gasteiger partial charge is 0.349 e. The van der Waals surface area contributed by atoms with Crippen molar-refractivity contribution in [2.24, 2.45) is 0 Å². The van der Waals surface area contributed by atoms with E-state index in [1.165, 1.54) is 4.80 Å². The summed E-state index contributed by atoms with van der Waals surface area (Å²) in [5.41, 5.74) is 2.64. The molecule has 0 bridgehead atoms. The van der Waals surface area contributed by atoms with Crippen LogP contribution in [0.4, 0.5) is 0 Å². The third-order valence-electron chi connectivity index (χ3n) is 3.94. The summed E-state index contributed by atoms with van der Waals surface area (Å²) in [6.45, 7) is 12.0. The van der Waals surface area contributed by atoms with Crippen molar-refractivity contribution in [1.29, 1.82) is 0 Å². The average molecular weight is 436 g/mol. The third-order valence-corrected chi connectivity index (χ3v) is 3.94. The van der Waals surface area contributed by atoms with Gasteiger partial charge >= 0.3 is 5.97 Å². The molecule has 4 aromatic rings. The van der Waals surface area contributed by atoms with Gasteiger partial charge in [-0.2, -0.15) is 0 Å². The van der Waals surface area contributed by atoms with Crippen LogP contribution in [-0.2, 0) is 4.79 Å². The van der Waals surface area contributed by atoms with E-state index in [4.69, 9.17) is 4.74 Å². The Kier molecular flexibility index (Phi) is 11.8. The fraction of sp³-hybridized carbons (Fsp3) is 0.269. The lowest BCUT2D eigenvalue weighted by atomic mass is 10.1. The van der Waals surface area contributed by atoms with Crippen LogP contribution in [0.3, 0.4) is 0 Å². The molecule has 1 N–H and O–H groups in total. The van der Waals surface area contributed by atoms with Gasteiger partial charge in [-0.1, -0.05) is 96.1 Å². The molecule has 0 aliphatic carbocycles. The highest BCUT2D eigenvalue weighted by Gasteiger charge is 2.23. The third kappa shape index (κ3) is 6.67. The lowest BCUT2D eigenvalue weighted by Crippen LogP contribution is -2.19. The van der Waals surface area contributed by atoms with Crippen molar-refractivity contribution in [1.82, 2.24) is 15.0 Å². The summed E-state index contributed by atoms with van der Waals surface area (Å²) < 4.78 is 5.84. The number of nitrogens with zero attached hydrogens (tertiary/aromatic N) is 3. The molecule has 1 aromatic heterocycles. The van der Waals surface area contributed by atoms with Crippen molar-refractivity contribution in [3.63, 3.8) is 0 Å². The maximum atomic E-state index is 11.7. The van der Waals surface area contributed by atoms with Crippen LogP contribution in [0, 0.1) is 0 Å². The molecule has 4 rings (SSSR count). The summed E-state index contributed by atoms with van der Waals surface area (Å²) in [7, 11) is 0. The number of hydrogen-bond donors (Lipinski definition) is 1. The molecule has 170 valence electrons. The van der Waals surface area contributed by atoms with Gasteiger partial charge in [0.15, 0.2) is 0 Å². The van der Waals surface area contributed by atoms with Crippen LogP contribution in [0.25, 0.3) is 16.7 Å². The van der Waals surface area contributed by atoms with Gasteiger partial charge in [0, 0.05) is 5.56 Å². The molecule has 0 fully saturated rings. The van der Waals surface area contributed by atoms with E-state index in [0.29, 0.717) is 17.0 Å². The number of aliphatic carboxylic acids is 1. The summed E-state index contributed by atoms with van der Waals surface area (Å²) >= 11 is 0. The highest BCUT2D eigenvalue weighted by atomic mass is 16.5. The van der Waals surface area contributed by atoms with E-state index < -0.39 is 12.1 Å². The molecule has 6 heteroatoms. The number of para-hydroxylation sites is 2. The second-order valence-corrected chi connectivity index (χ2v) is 5.69. The van der Waals surface area contributed by atoms with E-state index in [1.807, 2.05) is 77.9 Å². The molecule has 0 amide bonds. The number of hydrogen-bond acceptors (Lipinski definition) is 4. The standard InChI is InChI=1S/C20H15N3O3.3C2H6/c24-20(25)19(14-8-2-1-3-9-14)26-18-13-7-6-12-17(18)23-21-15-10-4-5-11-16(15)22-23;3*1-2/h1-13,19H,(H,24,25);3*1-2H3. The van der Waals surface area contributed by atoms with Crippen LogP contribution in [-0.4, -0.2) is 26.1 Å². The number of ether oxygens (including phenoxy) is 1. The number of carboxylic acid groups (broad SMARTS) is 1. The van der Waals surface area contributed by atoms with E-state index in [2.05, 4.69) is 10.2 Å². The topological polar surface area (TPSA) is 77.2 Å². The molecule has 0 spiro atoms. The van der Waals surface area contributed by atoms with Crippen molar-refractivity contribution in [2.75, 3.05) is 0 Å². The Labute approximate surface area is 190 Å². The highest BCUT2D eigenvalue weighted by Crippen LogP contribution is 2.28. The van der Waals surface area contributed by atoms with Crippen LogP contribution < -0.4 is 4.74 Å². The zero-order valence-electron chi connectivity index (χ0n) is 19.7. The van der Waals surface area contributed by atoms with Gasteiger partial charge in [-0.15, -0.1) is 15.0 Å². The number of carboxylic acids is 1. The quantitative estimate of drug-likeness (QED) is 0.377. The van der Waals surface area contributed by atoms with Gasteiger partial charge in [-0.3, -0.25) is 0 Å². The lowest BCUT2D eigenvalue weighted by molar-refractivity contribution is -0.145. The molecule has 1 unspecified atom stereocenters. The highest BCUT2D eigenvalue weighted by molar-refractivity contribution is 5.75. The lowest BCUT2D eigenvalue weighted by Gasteiger charge is -2.17. The minimum Gasteiger partial charge on any atom is -0.478 e. The molecular formula is C26H33N3O3. The minimum atomic E-state index is -1.12. The fourth-order valence-corrected chi connectivity index (χ4v) is 2.71. The van der Waals surface area contributed by atoms with E-state index in [9.17, 15) is 9.90 Å². The molecule has 0 radical (unpaired) electrons. The summed E-state index contributed by atoms with van der Waals surface area (Å²) in [5, 5.41) is 18.5. The number of benzene rings is 3. The molecule has 0 aliphatic heterocycles. The Bertz CT molecular complexity index is 1030. The van der Waals surface area contributed by atoms with Gasteiger partial charge in [-0.25, -0.2) is 4.79 Å². The predicted molar refractivity (Wildman–Crippen MR) is 130 cm³/mol. The molecular weight excluding hydrogens is 402 g/mol. The van der Waals surface area contributed by atoms with Gasteiger partial charge in [-0.05, 0) is 24.3 Å². The molecule has 32 heavy (non-hydrogen) atoms. The van der Waals surface area contributed by atoms with Gasteiger partial charge in [0.05, 0.1) is 0 Å². The Balaban J connectivity index is 0.000000789. The van der Waals surface area contributed by atoms with E-state index >= 15 is 0 Å². The second-order valence-electron chi connectivity index (χ2n) is 5.69. The summed E-state index contributed by atoms with van der Waals surface area (Å²) in [4.78, 5) is 13.2. The number of rotatable bonds is 5. The Morgan fingerprint density at radius 1 is 0.750 bits per heavy atom. The first-order chi connectivity index (χ1) is 15.7. The van der Waals surface area contributed by atoms with Crippen molar-refractivity contribution in [3.8, 4) is 11.4 Å². The normalized spacial score (nSPS) is 10.3. The zero-order chi connectivity index (χ0) is 23.9. The summed E-state index contributed by atoms with van der Waals surface area (Å²) in [6.07, 6.45) is -1.12. The first-order valence-electron chi connectivity index (χ1n) is 11.1. The maximum Gasteiger partial charge on any atom is 0.349 e. The van der Waals surface area contributed by atoms with Crippen LogP contribution in [0.5, 0.6) is 5.75 Å². The van der Waals surface area contributed by atoms with Crippen LogP contribution in [0.1, 0.15) is 53.2 Å². The average Bonchev–Trinajstić information content (AvgIpc) is 3.31. The zero-order valence-corrected chi connectivity index (χ0v) is 19.7. The Morgan fingerprint density at radius 2 is 1.22 bits per heavy atom. The number of fused-ring (bicyclic) bond motifs is 1. The molecule has 0 saturated heterocycles. The molecule has 0 saturated carbocycles. The second kappa shape index (κ2) is 14.4. The van der Waals surface area contributed by atoms with E-state index in [-0.39, 0.29) is 0 Å². The van der Waals surface area contributed by atoms with Crippen molar-refractivity contribution < 1.29 is 14.6 Å². The summed E-state index contributed by atoms with van der Waals surface area (Å²) in [5.74, 6) is -0.673. The first-order valence-corrected chi connectivity index (χ1v) is 11.1. The van der Waals surface area contributed by atoms with Crippen LogP contribution in [0.15, 0.2) is 78.9 Å². The van der Waals surface area contributed by atoms with Crippen molar-refractivity contribution >= 4 is 17.0 Å².